The molecule has 1 saturated carbocycles. The second kappa shape index (κ2) is 8.45. The first kappa shape index (κ1) is 16.4. The zero-order valence-electron chi connectivity index (χ0n) is 12.4. The van der Waals surface area contributed by atoms with Gasteiger partial charge >= 0.3 is 0 Å². The van der Waals surface area contributed by atoms with Crippen molar-refractivity contribution < 1.29 is 4.79 Å². The summed E-state index contributed by atoms with van der Waals surface area (Å²) >= 11 is 5.92. The first-order valence-electron chi connectivity index (χ1n) is 7.58. The summed E-state index contributed by atoms with van der Waals surface area (Å²) in [7, 11) is 0. The van der Waals surface area contributed by atoms with Crippen molar-refractivity contribution in [2.45, 2.75) is 38.1 Å². The summed E-state index contributed by atoms with van der Waals surface area (Å²) in [5.41, 5.74) is 1.24. The van der Waals surface area contributed by atoms with Crippen LogP contribution >= 0.6 is 11.6 Å². The fourth-order valence-corrected chi connectivity index (χ4v) is 2.78. The van der Waals surface area contributed by atoms with E-state index in [1.807, 2.05) is 30.3 Å². The van der Waals surface area contributed by atoms with Crippen molar-refractivity contribution in [2.75, 3.05) is 6.54 Å². The van der Waals surface area contributed by atoms with Crippen molar-refractivity contribution in [1.82, 2.24) is 10.6 Å². The zero-order chi connectivity index (χ0) is 15.8. The van der Waals surface area contributed by atoms with E-state index < -0.39 is 0 Å². The summed E-state index contributed by atoms with van der Waals surface area (Å²) < 4.78 is 0. The molecule has 0 bridgehead atoms. The van der Waals surface area contributed by atoms with E-state index in [-0.39, 0.29) is 17.5 Å². The molecule has 0 aliphatic heterocycles. The highest BCUT2D eigenvalue weighted by Crippen LogP contribution is 2.17. The largest absolute Gasteiger partial charge is 0.389 e. The van der Waals surface area contributed by atoms with E-state index in [2.05, 4.69) is 10.6 Å². The standard InChI is InChI=1S/C17H20ClN3O/c18-15-5-3-4-13(10-15)8-9-20-12-14(11-19)17(22)21-16-6-1-2-7-16/h3-5,10,12,16,20H,1-2,6-9H2,(H,21,22)/b14-12-. The molecule has 22 heavy (non-hydrogen) atoms. The summed E-state index contributed by atoms with van der Waals surface area (Å²) in [5.74, 6) is -0.287. The minimum atomic E-state index is -0.287. The van der Waals surface area contributed by atoms with Gasteiger partial charge in [-0.25, -0.2) is 0 Å². The van der Waals surface area contributed by atoms with Crippen LogP contribution in [0.2, 0.25) is 5.02 Å². The van der Waals surface area contributed by atoms with E-state index in [1.54, 1.807) is 0 Å². The van der Waals surface area contributed by atoms with E-state index in [0.717, 1.165) is 37.7 Å². The third kappa shape index (κ3) is 5.09. The Morgan fingerprint density at radius 1 is 1.41 bits per heavy atom. The molecule has 2 rings (SSSR count). The number of carbonyl (C=O) groups excluding carboxylic acids is 1. The molecular formula is C17H20ClN3O. The maximum atomic E-state index is 12.0. The van der Waals surface area contributed by atoms with E-state index in [9.17, 15) is 4.79 Å². The van der Waals surface area contributed by atoms with Gasteiger partial charge in [0.1, 0.15) is 11.6 Å². The van der Waals surface area contributed by atoms with E-state index in [1.165, 1.54) is 6.20 Å². The van der Waals surface area contributed by atoms with Crippen LogP contribution in [0.15, 0.2) is 36.0 Å². The number of nitriles is 1. The Labute approximate surface area is 136 Å². The van der Waals surface area contributed by atoms with Crippen molar-refractivity contribution in [2.24, 2.45) is 0 Å². The zero-order valence-corrected chi connectivity index (χ0v) is 13.2. The van der Waals surface area contributed by atoms with Crippen LogP contribution in [0, 0.1) is 11.3 Å². The SMILES string of the molecule is N#C/C(=C/NCCc1cccc(Cl)c1)C(=O)NC1CCCC1. The first-order chi connectivity index (χ1) is 10.7. The molecule has 0 aromatic heterocycles. The van der Waals surface area contributed by atoms with Gasteiger partial charge < -0.3 is 10.6 Å². The lowest BCUT2D eigenvalue weighted by Gasteiger charge is -2.11. The highest BCUT2D eigenvalue weighted by atomic mass is 35.5. The number of hydrogen-bond acceptors (Lipinski definition) is 3. The molecule has 1 fully saturated rings. The summed E-state index contributed by atoms with van der Waals surface area (Å²) in [4.78, 5) is 12.0. The van der Waals surface area contributed by atoms with Crippen LogP contribution in [-0.2, 0) is 11.2 Å². The first-order valence-corrected chi connectivity index (χ1v) is 7.96. The summed E-state index contributed by atoms with van der Waals surface area (Å²) in [6.45, 7) is 0.641. The average Bonchev–Trinajstić information content (AvgIpc) is 3.00. The molecule has 0 radical (unpaired) electrons. The number of halogens is 1. The Hall–Kier alpha value is -1.99. The van der Waals surface area contributed by atoms with E-state index in [4.69, 9.17) is 16.9 Å². The smallest absolute Gasteiger partial charge is 0.263 e. The van der Waals surface area contributed by atoms with Gasteiger partial charge in [-0.3, -0.25) is 4.79 Å². The molecule has 116 valence electrons. The molecule has 0 atom stereocenters. The number of nitrogens with one attached hydrogen (secondary N) is 2. The molecular weight excluding hydrogens is 298 g/mol. The lowest BCUT2D eigenvalue weighted by atomic mass is 10.1. The Bertz CT molecular complexity index is 586. The van der Waals surface area contributed by atoms with Crippen molar-refractivity contribution in [3.8, 4) is 6.07 Å². The molecule has 0 saturated heterocycles. The lowest BCUT2D eigenvalue weighted by Crippen LogP contribution is -2.34. The van der Waals surface area contributed by atoms with Crippen LogP contribution in [0.25, 0.3) is 0 Å². The minimum Gasteiger partial charge on any atom is -0.389 e. The van der Waals surface area contributed by atoms with Gasteiger partial charge in [0.25, 0.3) is 5.91 Å². The van der Waals surface area contributed by atoms with Crippen molar-refractivity contribution in [1.29, 1.82) is 5.26 Å². The topological polar surface area (TPSA) is 64.9 Å². The van der Waals surface area contributed by atoms with E-state index >= 15 is 0 Å². The number of carbonyl (C=O) groups is 1. The second-order valence-electron chi connectivity index (χ2n) is 5.46. The predicted molar refractivity (Wildman–Crippen MR) is 87.3 cm³/mol. The van der Waals surface area contributed by atoms with Gasteiger partial charge in [-0.05, 0) is 37.0 Å². The molecule has 1 aromatic carbocycles. The Kier molecular flexibility index (Phi) is 6.29. The lowest BCUT2D eigenvalue weighted by molar-refractivity contribution is -0.117. The van der Waals surface area contributed by atoms with Gasteiger partial charge in [0, 0.05) is 23.8 Å². The maximum absolute atomic E-state index is 12.0. The molecule has 1 aromatic rings. The predicted octanol–water partition coefficient (Wildman–Crippen LogP) is 2.94. The van der Waals surface area contributed by atoms with Crippen molar-refractivity contribution >= 4 is 17.5 Å². The van der Waals surface area contributed by atoms with Gasteiger partial charge in [-0.2, -0.15) is 5.26 Å². The van der Waals surface area contributed by atoms with Crippen molar-refractivity contribution in [3.05, 3.63) is 46.6 Å². The molecule has 0 spiro atoms. The van der Waals surface area contributed by atoms with Crippen LogP contribution in [-0.4, -0.2) is 18.5 Å². The minimum absolute atomic E-state index is 0.123. The fraction of sp³-hybridized carbons (Fsp3) is 0.412. The Balaban J connectivity index is 1.79. The fourth-order valence-electron chi connectivity index (χ4n) is 2.57. The van der Waals surface area contributed by atoms with Crippen LogP contribution < -0.4 is 10.6 Å². The number of benzene rings is 1. The summed E-state index contributed by atoms with van der Waals surface area (Å²) in [6, 6.07) is 9.81. The van der Waals surface area contributed by atoms with Gasteiger partial charge in [-0.1, -0.05) is 36.6 Å². The van der Waals surface area contributed by atoms with Crippen LogP contribution in [0.5, 0.6) is 0 Å². The van der Waals surface area contributed by atoms with E-state index in [0.29, 0.717) is 11.6 Å². The van der Waals surface area contributed by atoms with Crippen LogP contribution in [0.1, 0.15) is 31.2 Å². The van der Waals surface area contributed by atoms with Gasteiger partial charge in [0.05, 0.1) is 0 Å². The van der Waals surface area contributed by atoms with Gasteiger partial charge in [0.15, 0.2) is 0 Å². The number of hydrogen-bond donors (Lipinski definition) is 2. The third-order valence-corrected chi connectivity index (χ3v) is 3.98. The molecule has 1 amide bonds. The number of rotatable bonds is 6. The molecule has 0 unspecified atom stereocenters. The molecule has 0 heterocycles. The third-order valence-electron chi connectivity index (χ3n) is 3.75. The Morgan fingerprint density at radius 2 is 2.18 bits per heavy atom. The average molecular weight is 318 g/mol. The molecule has 5 heteroatoms. The van der Waals surface area contributed by atoms with Gasteiger partial charge in [-0.15, -0.1) is 0 Å². The molecule has 2 N–H and O–H groups in total. The molecule has 1 aliphatic rings. The molecule has 1 aliphatic carbocycles. The summed E-state index contributed by atoms with van der Waals surface area (Å²) in [5, 5.41) is 15.7. The highest BCUT2D eigenvalue weighted by Gasteiger charge is 2.19. The number of amides is 1. The highest BCUT2D eigenvalue weighted by molar-refractivity contribution is 6.30. The maximum Gasteiger partial charge on any atom is 0.263 e. The normalized spacial score (nSPS) is 15.4. The summed E-state index contributed by atoms with van der Waals surface area (Å²) in [6.07, 6.45) is 6.58. The van der Waals surface area contributed by atoms with Crippen LogP contribution in [0.4, 0.5) is 0 Å². The monoisotopic (exact) mass is 317 g/mol. The van der Waals surface area contributed by atoms with Crippen molar-refractivity contribution in [3.63, 3.8) is 0 Å². The van der Waals surface area contributed by atoms with Crippen LogP contribution in [0.3, 0.4) is 0 Å². The quantitative estimate of drug-likeness (QED) is 0.481. The number of nitrogens with zero attached hydrogens (tertiary/aromatic N) is 1. The Morgan fingerprint density at radius 3 is 2.86 bits per heavy atom. The van der Waals surface area contributed by atoms with Gasteiger partial charge in [0.2, 0.25) is 0 Å². The molecule has 4 nitrogen and oxygen atoms in total. The second-order valence-corrected chi connectivity index (χ2v) is 5.90.